The fourth-order valence-corrected chi connectivity index (χ4v) is 1.63. The summed E-state index contributed by atoms with van der Waals surface area (Å²) in [6, 6.07) is 0. The van der Waals surface area contributed by atoms with Gasteiger partial charge in [0.05, 0.1) is 11.9 Å². The topological polar surface area (TPSA) is 43.4 Å². The van der Waals surface area contributed by atoms with E-state index in [1.165, 1.54) is 7.11 Å². The predicted octanol–water partition coefficient (Wildman–Crippen LogP) is 0.515. The van der Waals surface area contributed by atoms with Crippen LogP contribution in [0.2, 0.25) is 0 Å². The summed E-state index contributed by atoms with van der Waals surface area (Å²) >= 11 is 0. The first-order chi connectivity index (χ1) is 4.02. The molecule has 54 valence electrons. The van der Waals surface area contributed by atoms with Gasteiger partial charge in [-0.15, -0.1) is 0 Å². The van der Waals surface area contributed by atoms with Gasteiger partial charge in [-0.3, -0.25) is 4.18 Å². The Kier molecular flexibility index (Phi) is 1.33. The quantitative estimate of drug-likeness (QED) is 0.539. The largest absolute Gasteiger partial charge is 0.273 e. The van der Waals surface area contributed by atoms with E-state index in [0.29, 0.717) is 0 Å². The van der Waals surface area contributed by atoms with Crippen LogP contribution in [0.1, 0.15) is 19.8 Å². The molecule has 0 unspecified atom stereocenters. The fourth-order valence-electron chi connectivity index (χ4n) is 0.627. The molecular weight excluding hydrogens is 140 g/mol. The van der Waals surface area contributed by atoms with Gasteiger partial charge in [0.1, 0.15) is 0 Å². The second-order valence-corrected chi connectivity index (χ2v) is 4.80. The zero-order valence-electron chi connectivity index (χ0n) is 5.55. The molecule has 0 amide bonds. The van der Waals surface area contributed by atoms with Crippen LogP contribution in [0.3, 0.4) is 0 Å². The van der Waals surface area contributed by atoms with Gasteiger partial charge >= 0.3 is 0 Å². The lowest BCUT2D eigenvalue weighted by Crippen LogP contribution is -2.19. The van der Waals surface area contributed by atoms with Crippen LogP contribution >= 0.6 is 0 Å². The van der Waals surface area contributed by atoms with Gasteiger partial charge in [-0.1, -0.05) is 0 Å². The highest BCUT2D eigenvalue weighted by molar-refractivity contribution is 7.88. The molecule has 1 aliphatic carbocycles. The lowest BCUT2D eigenvalue weighted by Gasteiger charge is -2.05. The first kappa shape index (κ1) is 7.02. The van der Waals surface area contributed by atoms with Crippen molar-refractivity contribution in [2.75, 3.05) is 7.11 Å². The molecule has 1 saturated carbocycles. The fraction of sp³-hybridized carbons (Fsp3) is 1.00. The van der Waals surface area contributed by atoms with Gasteiger partial charge in [-0.25, -0.2) is 0 Å². The van der Waals surface area contributed by atoms with Gasteiger partial charge in [-0.05, 0) is 19.8 Å². The molecule has 0 aromatic rings. The minimum absolute atomic E-state index is 0.554. The third-order valence-electron chi connectivity index (χ3n) is 1.78. The van der Waals surface area contributed by atoms with Crippen molar-refractivity contribution in [1.29, 1.82) is 0 Å². The first-order valence-electron chi connectivity index (χ1n) is 2.82. The number of rotatable bonds is 2. The van der Waals surface area contributed by atoms with Crippen LogP contribution in [0.25, 0.3) is 0 Å². The molecule has 9 heavy (non-hydrogen) atoms. The SMILES string of the molecule is COS(=O)(=O)C1(C)CC1. The maximum Gasteiger partial charge on any atom is 0.272 e. The summed E-state index contributed by atoms with van der Waals surface area (Å²) in [5, 5.41) is 0. The summed E-state index contributed by atoms with van der Waals surface area (Å²) in [5.74, 6) is 0. The molecule has 1 aliphatic rings. The summed E-state index contributed by atoms with van der Waals surface area (Å²) in [6.45, 7) is 1.70. The van der Waals surface area contributed by atoms with Crippen molar-refractivity contribution in [1.82, 2.24) is 0 Å². The van der Waals surface area contributed by atoms with E-state index < -0.39 is 14.9 Å². The molecule has 0 radical (unpaired) electrons. The summed E-state index contributed by atoms with van der Waals surface area (Å²) < 4.78 is 25.5. The van der Waals surface area contributed by atoms with Crippen LogP contribution in [-0.2, 0) is 14.3 Å². The summed E-state index contributed by atoms with van der Waals surface area (Å²) in [7, 11) is -2.02. The van der Waals surface area contributed by atoms with Gasteiger partial charge < -0.3 is 0 Å². The van der Waals surface area contributed by atoms with E-state index in [-0.39, 0.29) is 0 Å². The third-order valence-corrected chi connectivity index (χ3v) is 3.83. The molecule has 0 aromatic carbocycles. The van der Waals surface area contributed by atoms with Crippen molar-refractivity contribution in [2.45, 2.75) is 24.5 Å². The van der Waals surface area contributed by atoms with Gasteiger partial charge in [0.15, 0.2) is 0 Å². The molecule has 0 bridgehead atoms. The van der Waals surface area contributed by atoms with Gasteiger partial charge in [0, 0.05) is 0 Å². The Morgan fingerprint density at radius 1 is 1.44 bits per heavy atom. The molecule has 0 N–H and O–H groups in total. The van der Waals surface area contributed by atoms with Gasteiger partial charge in [0.2, 0.25) is 0 Å². The summed E-state index contributed by atoms with van der Waals surface area (Å²) in [5.41, 5.74) is 0. The van der Waals surface area contributed by atoms with Crippen molar-refractivity contribution in [3.05, 3.63) is 0 Å². The zero-order chi connectivity index (χ0) is 7.12. The Balaban J connectivity index is 2.84. The highest BCUT2D eigenvalue weighted by Gasteiger charge is 2.50. The second kappa shape index (κ2) is 1.70. The molecule has 1 fully saturated rings. The maximum atomic E-state index is 10.9. The Morgan fingerprint density at radius 3 is 2.00 bits per heavy atom. The molecule has 4 heteroatoms. The monoisotopic (exact) mass is 150 g/mol. The van der Waals surface area contributed by atoms with E-state index in [0.717, 1.165) is 12.8 Å². The predicted molar refractivity (Wildman–Crippen MR) is 33.6 cm³/mol. The first-order valence-corrected chi connectivity index (χ1v) is 4.23. The normalized spacial score (nSPS) is 23.8. The van der Waals surface area contributed by atoms with Gasteiger partial charge in [-0.2, -0.15) is 8.42 Å². The third kappa shape index (κ3) is 0.966. The maximum absolute atomic E-state index is 10.9. The minimum atomic E-state index is -3.22. The molecule has 0 saturated heterocycles. The Bertz CT molecular complexity index is 200. The van der Waals surface area contributed by atoms with Crippen LogP contribution in [-0.4, -0.2) is 20.3 Å². The highest BCUT2D eigenvalue weighted by Crippen LogP contribution is 2.43. The molecule has 0 heterocycles. The number of hydrogen-bond acceptors (Lipinski definition) is 3. The molecule has 0 atom stereocenters. The minimum Gasteiger partial charge on any atom is -0.273 e. The Morgan fingerprint density at radius 2 is 1.89 bits per heavy atom. The number of hydrogen-bond donors (Lipinski definition) is 0. The van der Waals surface area contributed by atoms with E-state index in [9.17, 15) is 8.42 Å². The Labute approximate surface area is 55.1 Å². The second-order valence-electron chi connectivity index (χ2n) is 2.57. The van der Waals surface area contributed by atoms with E-state index in [4.69, 9.17) is 0 Å². The molecule has 1 rings (SSSR count). The standard InChI is InChI=1S/C5H10O3S/c1-5(3-4-5)9(6,7)8-2/h3-4H2,1-2H3. The molecule has 0 aromatic heterocycles. The summed E-state index contributed by atoms with van der Waals surface area (Å²) in [6.07, 6.45) is 1.48. The average Bonchev–Trinajstić information content (AvgIpc) is 2.49. The van der Waals surface area contributed by atoms with E-state index in [1.54, 1.807) is 6.92 Å². The smallest absolute Gasteiger partial charge is 0.272 e. The molecule has 0 aliphatic heterocycles. The highest BCUT2D eigenvalue weighted by atomic mass is 32.2. The van der Waals surface area contributed by atoms with Crippen LogP contribution < -0.4 is 0 Å². The van der Waals surface area contributed by atoms with Crippen LogP contribution in [0.5, 0.6) is 0 Å². The van der Waals surface area contributed by atoms with Crippen molar-refractivity contribution in [2.24, 2.45) is 0 Å². The van der Waals surface area contributed by atoms with Crippen LogP contribution in [0, 0.1) is 0 Å². The van der Waals surface area contributed by atoms with E-state index >= 15 is 0 Å². The molecule has 0 spiro atoms. The van der Waals surface area contributed by atoms with Crippen molar-refractivity contribution >= 4 is 10.1 Å². The van der Waals surface area contributed by atoms with Crippen LogP contribution in [0.4, 0.5) is 0 Å². The van der Waals surface area contributed by atoms with Crippen LogP contribution in [0.15, 0.2) is 0 Å². The van der Waals surface area contributed by atoms with E-state index in [1.807, 2.05) is 0 Å². The van der Waals surface area contributed by atoms with Gasteiger partial charge in [0.25, 0.3) is 10.1 Å². The lowest BCUT2D eigenvalue weighted by molar-refractivity contribution is 0.387. The molecule has 3 nitrogen and oxygen atoms in total. The lowest BCUT2D eigenvalue weighted by atomic mass is 10.5. The average molecular weight is 150 g/mol. The zero-order valence-corrected chi connectivity index (χ0v) is 6.36. The Hall–Kier alpha value is -0.0900. The summed E-state index contributed by atoms with van der Waals surface area (Å²) in [4.78, 5) is 0. The van der Waals surface area contributed by atoms with Crippen molar-refractivity contribution < 1.29 is 12.6 Å². The van der Waals surface area contributed by atoms with Crippen molar-refractivity contribution in [3.63, 3.8) is 0 Å². The van der Waals surface area contributed by atoms with E-state index in [2.05, 4.69) is 4.18 Å². The van der Waals surface area contributed by atoms with Crippen molar-refractivity contribution in [3.8, 4) is 0 Å². The molecular formula is C5H10O3S.